The first-order valence-corrected chi connectivity index (χ1v) is 4.39. The molecule has 0 aliphatic heterocycles. The van der Waals surface area contributed by atoms with E-state index in [1.807, 2.05) is 0 Å². The highest BCUT2D eigenvalue weighted by Crippen LogP contribution is 2.36. The number of aliphatic hydroxyl groups is 1. The van der Waals surface area contributed by atoms with Gasteiger partial charge in [-0.2, -0.15) is 13.2 Å². The van der Waals surface area contributed by atoms with E-state index in [0.717, 1.165) is 12.1 Å². The number of aliphatic hydroxyl groups excluding tert-OH is 1. The first-order valence-electron chi connectivity index (χ1n) is 4.01. The van der Waals surface area contributed by atoms with E-state index in [1.165, 1.54) is 0 Å². The van der Waals surface area contributed by atoms with Crippen LogP contribution < -0.4 is 0 Å². The summed E-state index contributed by atoms with van der Waals surface area (Å²) < 4.78 is 37.1. The number of alkyl halides is 3. The Labute approximate surface area is 93.1 Å². The van der Waals surface area contributed by atoms with Gasteiger partial charge in [-0.3, -0.25) is 0 Å². The third-order valence-corrected chi connectivity index (χ3v) is 2.18. The highest BCUT2D eigenvalue weighted by atomic mass is 35.5. The number of carbonyl (C=O) groups is 1. The first kappa shape index (κ1) is 12.8. The van der Waals surface area contributed by atoms with Gasteiger partial charge in [0.05, 0.1) is 10.6 Å². The molecule has 1 atom stereocenters. The monoisotopic (exact) mass is 254 g/mol. The average Bonchev–Trinajstić information content (AvgIpc) is 2.15. The molecule has 0 saturated carbocycles. The van der Waals surface area contributed by atoms with Crippen LogP contribution in [-0.4, -0.2) is 16.2 Å². The van der Waals surface area contributed by atoms with Gasteiger partial charge >= 0.3 is 12.1 Å². The third-order valence-electron chi connectivity index (χ3n) is 1.85. The smallest absolute Gasteiger partial charge is 0.417 e. The summed E-state index contributed by atoms with van der Waals surface area (Å²) in [4.78, 5) is 10.4. The fourth-order valence-corrected chi connectivity index (χ4v) is 1.30. The Morgan fingerprint density at radius 3 is 2.38 bits per heavy atom. The molecule has 1 unspecified atom stereocenters. The Morgan fingerprint density at radius 1 is 1.38 bits per heavy atom. The molecule has 0 saturated heterocycles. The minimum atomic E-state index is -4.69. The maximum atomic E-state index is 12.4. The van der Waals surface area contributed by atoms with Gasteiger partial charge in [0.15, 0.2) is 6.10 Å². The van der Waals surface area contributed by atoms with E-state index in [1.54, 1.807) is 0 Å². The molecule has 2 N–H and O–H groups in total. The van der Waals surface area contributed by atoms with Crippen LogP contribution in [0.4, 0.5) is 13.2 Å². The molecule has 0 bridgehead atoms. The molecule has 0 aliphatic carbocycles. The van der Waals surface area contributed by atoms with Gasteiger partial charge in [0.1, 0.15) is 0 Å². The maximum absolute atomic E-state index is 12.4. The molecule has 3 nitrogen and oxygen atoms in total. The molecule has 88 valence electrons. The molecule has 1 aromatic rings. The standard InChI is InChI=1S/C9H6ClF3O3/c10-6-2-1-4(7(14)8(15)16)3-5(6)9(11,12)13/h1-3,7,14H,(H,15,16). The van der Waals surface area contributed by atoms with E-state index in [-0.39, 0.29) is 5.56 Å². The lowest BCUT2D eigenvalue weighted by Crippen LogP contribution is -2.13. The summed E-state index contributed by atoms with van der Waals surface area (Å²) in [7, 11) is 0. The van der Waals surface area contributed by atoms with Crippen LogP contribution in [0.15, 0.2) is 18.2 Å². The molecule has 0 spiro atoms. The van der Waals surface area contributed by atoms with Crippen molar-refractivity contribution >= 4 is 17.6 Å². The van der Waals surface area contributed by atoms with Crippen LogP contribution in [0.2, 0.25) is 5.02 Å². The minimum absolute atomic E-state index is 0.371. The SMILES string of the molecule is O=C(O)C(O)c1ccc(Cl)c(C(F)(F)F)c1. The number of hydrogen-bond acceptors (Lipinski definition) is 2. The first-order chi connectivity index (χ1) is 7.23. The lowest BCUT2D eigenvalue weighted by atomic mass is 10.1. The van der Waals surface area contributed by atoms with Gasteiger partial charge in [-0.25, -0.2) is 4.79 Å². The second-order valence-electron chi connectivity index (χ2n) is 2.98. The van der Waals surface area contributed by atoms with Crippen molar-refractivity contribution in [1.82, 2.24) is 0 Å². The van der Waals surface area contributed by atoms with E-state index < -0.39 is 28.8 Å². The molecular weight excluding hydrogens is 249 g/mol. The zero-order chi connectivity index (χ0) is 12.5. The lowest BCUT2D eigenvalue weighted by molar-refractivity contribution is -0.147. The molecule has 0 heterocycles. The number of aliphatic carboxylic acids is 1. The van der Waals surface area contributed by atoms with E-state index in [9.17, 15) is 18.0 Å². The summed E-state index contributed by atoms with van der Waals surface area (Å²) in [5.41, 5.74) is -1.55. The van der Waals surface area contributed by atoms with Crippen molar-refractivity contribution in [1.29, 1.82) is 0 Å². The Balaban J connectivity index is 3.23. The molecule has 16 heavy (non-hydrogen) atoms. The van der Waals surface area contributed by atoms with Crippen LogP contribution in [0.5, 0.6) is 0 Å². The molecule has 0 aromatic heterocycles. The van der Waals surface area contributed by atoms with Crippen molar-refractivity contribution < 1.29 is 28.2 Å². The number of hydrogen-bond donors (Lipinski definition) is 2. The average molecular weight is 255 g/mol. The molecule has 7 heteroatoms. The van der Waals surface area contributed by atoms with Crippen LogP contribution in [0.25, 0.3) is 0 Å². The summed E-state index contributed by atoms with van der Waals surface area (Å²) in [5.74, 6) is -1.63. The Hall–Kier alpha value is -1.27. The van der Waals surface area contributed by atoms with Crippen LogP contribution >= 0.6 is 11.6 Å². The van der Waals surface area contributed by atoms with Crippen molar-refractivity contribution in [3.05, 3.63) is 34.3 Å². The van der Waals surface area contributed by atoms with Crippen molar-refractivity contribution in [2.45, 2.75) is 12.3 Å². The normalized spacial score (nSPS) is 13.6. The van der Waals surface area contributed by atoms with Crippen molar-refractivity contribution in [3.63, 3.8) is 0 Å². The fourth-order valence-electron chi connectivity index (χ4n) is 1.07. The molecule has 0 amide bonds. The molecule has 0 aliphatic rings. The Morgan fingerprint density at radius 2 is 1.94 bits per heavy atom. The number of carboxylic acid groups (broad SMARTS) is 1. The van der Waals surface area contributed by atoms with Gasteiger partial charge in [0, 0.05) is 0 Å². The molecule has 1 rings (SSSR count). The summed E-state index contributed by atoms with van der Waals surface area (Å²) in [6, 6.07) is 2.43. The molecular formula is C9H6ClF3O3. The van der Waals surface area contributed by atoms with Gasteiger partial charge in [0.25, 0.3) is 0 Å². The number of benzene rings is 1. The summed E-state index contributed by atoms with van der Waals surface area (Å²) >= 11 is 5.32. The third kappa shape index (κ3) is 2.65. The Kier molecular flexibility index (Phi) is 3.44. The maximum Gasteiger partial charge on any atom is 0.417 e. The van der Waals surface area contributed by atoms with Gasteiger partial charge in [-0.1, -0.05) is 17.7 Å². The number of carboxylic acids is 1. The van der Waals surface area contributed by atoms with E-state index >= 15 is 0 Å². The zero-order valence-electron chi connectivity index (χ0n) is 7.62. The van der Waals surface area contributed by atoms with Gasteiger partial charge in [-0.15, -0.1) is 0 Å². The van der Waals surface area contributed by atoms with E-state index in [4.69, 9.17) is 21.8 Å². The zero-order valence-corrected chi connectivity index (χ0v) is 8.38. The molecule has 0 fully saturated rings. The Bertz CT molecular complexity index is 417. The van der Waals surface area contributed by atoms with Gasteiger partial charge in [-0.05, 0) is 17.7 Å². The van der Waals surface area contributed by atoms with Crippen LogP contribution in [0, 0.1) is 0 Å². The predicted octanol–water partition coefficient (Wildman–Crippen LogP) is 2.48. The molecule has 0 radical (unpaired) electrons. The number of halogens is 4. The second-order valence-corrected chi connectivity index (χ2v) is 3.39. The summed E-state index contributed by atoms with van der Waals surface area (Å²) in [6.07, 6.45) is -6.69. The lowest BCUT2D eigenvalue weighted by Gasteiger charge is -2.12. The highest BCUT2D eigenvalue weighted by Gasteiger charge is 2.34. The molecule has 1 aromatic carbocycles. The van der Waals surface area contributed by atoms with Crippen LogP contribution in [0.1, 0.15) is 17.2 Å². The van der Waals surface area contributed by atoms with Gasteiger partial charge < -0.3 is 10.2 Å². The fraction of sp³-hybridized carbons (Fsp3) is 0.222. The highest BCUT2D eigenvalue weighted by molar-refractivity contribution is 6.31. The second kappa shape index (κ2) is 4.31. The number of rotatable bonds is 2. The van der Waals surface area contributed by atoms with E-state index in [0.29, 0.717) is 6.07 Å². The predicted molar refractivity (Wildman–Crippen MR) is 49.0 cm³/mol. The van der Waals surface area contributed by atoms with Crippen LogP contribution in [-0.2, 0) is 11.0 Å². The van der Waals surface area contributed by atoms with Crippen molar-refractivity contribution in [2.75, 3.05) is 0 Å². The van der Waals surface area contributed by atoms with Crippen LogP contribution in [0.3, 0.4) is 0 Å². The minimum Gasteiger partial charge on any atom is -0.479 e. The quantitative estimate of drug-likeness (QED) is 0.852. The topological polar surface area (TPSA) is 57.5 Å². The van der Waals surface area contributed by atoms with Crippen molar-refractivity contribution in [2.24, 2.45) is 0 Å². The van der Waals surface area contributed by atoms with Crippen molar-refractivity contribution in [3.8, 4) is 0 Å². The van der Waals surface area contributed by atoms with Gasteiger partial charge in [0.2, 0.25) is 0 Å². The largest absolute Gasteiger partial charge is 0.479 e. The summed E-state index contributed by atoms with van der Waals surface area (Å²) in [5, 5.41) is 17.0. The summed E-state index contributed by atoms with van der Waals surface area (Å²) in [6.45, 7) is 0. The van der Waals surface area contributed by atoms with E-state index in [2.05, 4.69) is 0 Å².